The zero-order valence-corrected chi connectivity index (χ0v) is 17.6. The fourth-order valence-electron chi connectivity index (χ4n) is 3.41. The Labute approximate surface area is 185 Å². The number of pyridine rings is 2. The van der Waals surface area contributed by atoms with Crippen molar-refractivity contribution in [3.63, 3.8) is 0 Å². The number of benzene rings is 2. The summed E-state index contributed by atoms with van der Waals surface area (Å²) in [5.74, 6) is 0.238. The molecule has 0 saturated heterocycles. The molecular weight excluding hydrogens is 411 g/mol. The van der Waals surface area contributed by atoms with E-state index in [0.29, 0.717) is 17.9 Å². The minimum Gasteiger partial charge on any atom is -0.368 e. The van der Waals surface area contributed by atoms with Crippen LogP contribution in [0, 0.1) is 5.82 Å². The number of nitrogens with two attached hydrogens (primary N) is 1. The molecule has 0 aliphatic carbocycles. The second-order valence-corrected chi connectivity index (χ2v) is 7.70. The third-order valence-corrected chi connectivity index (χ3v) is 5.27. The summed E-state index contributed by atoms with van der Waals surface area (Å²) >= 11 is 5.86. The molecule has 0 radical (unpaired) electrons. The van der Waals surface area contributed by atoms with Gasteiger partial charge in [0.25, 0.3) is 0 Å². The smallest absolute Gasteiger partial charge is 0.142 e. The number of nitrogens with zero attached hydrogens (tertiary/aromatic N) is 2. The molecule has 0 spiro atoms. The van der Waals surface area contributed by atoms with Crippen LogP contribution >= 0.6 is 11.6 Å². The monoisotopic (exact) mass is 432 g/mol. The van der Waals surface area contributed by atoms with E-state index < -0.39 is 5.82 Å². The molecule has 4 aromatic rings. The van der Waals surface area contributed by atoms with Gasteiger partial charge in [0.15, 0.2) is 0 Å². The molecule has 1 atom stereocenters. The summed E-state index contributed by atoms with van der Waals surface area (Å²) in [6.07, 6.45) is 4.19. The van der Waals surface area contributed by atoms with Gasteiger partial charge >= 0.3 is 0 Å². The van der Waals surface area contributed by atoms with Crippen molar-refractivity contribution in [3.8, 4) is 22.4 Å². The first-order chi connectivity index (χ1) is 15.1. The molecule has 156 valence electrons. The van der Waals surface area contributed by atoms with E-state index in [1.165, 1.54) is 11.6 Å². The Bertz CT molecular complexity index is 1150. The van der Waals surface area contributed by atoms with Crippen LogP contribution in [0.1, 0.15) is 5.56 Å². The molecule has 0 aliphatic heterocycles. The summed E-state index contributed by atoms with van der Waals surface area (Å²) in [7, 11) is 0. The molecule has 0 unspecified atom stereocenters. The predicted molar refractivity (Wildman–Crippen MR) is 124 cm³/mol. The second-order valence-electron chi connectivity index (χ2n) is 7.29. The normalized spacial score (nSPS) is 11.8. The quantitative estimate of drug-likeness (QED) is 0.400. The van der Waals surface area contributed by atoms with Crippen molar-refractivity contribution in [2.24, 2.45) is 5.73 Å². The van der Waals surface area contributed by atoms with Crippen molar-refractivity contribution < 1.29 is 4.39 Å². The number of halogens is 2. The van der Waals surface area contributed by atoms with Gasteiger partial charge in [-0.15, -0.1) is 0 Å². The van der Waals surface area contributed by atoms with Crippen LogP contribution in [0.15, 0.2) is 85.2 Å². The maximum absolute atomic E-state index is 14.1. The van der Waals surface area contributed by atoms with E-state index in [4.69, 9.17) is 22.3 Å². The first kappa shape index (κ1) is 21.0. The van der Waals surface area contributed by atoms with Crippen LogP contribution in [-0.2, 0) is 6.42 Å². The maximum Gasteiger partial charge on any atom is 0.142 e. The number of rotatable bonds is 7. The Morgan fingerprint density at radius 1 is 0.935 bits per heavy atom. The molecule has 0 aliphatic rings. The van der Waals surface area contributed by atoms with E-state index >= 15 is 0 Å². The van der Waals surface area contributed by atoms with E-state index in [0.717, 1.165) is 23.2 Å². The van der Waals surface area contributed by atoms with Crippen LogP contribution in [0.4, 0.5) is 10.2 Å². The van der Waals surface area contributed by atoms with E-state index in [-0.39, 0.29) is 11.1 Å². The van der Waals surface area contributed by atoms with E-state index in [2.05, 4.69) is 22.4 Å². The molecule has 6 heteroatoms. The van der Waals surface area contributed by atoms with Gasteiger partial charge in [0.2, 0.25) is 0 Å². The molecule has 0 bridgehead atoms. The van der Waals surface area contributed by atoms with Crippen LogP contribution in [0.25, 0.3) is 22.4 Å². The van der Waals surface area contributed by atoms with Crippen LogP contribution in [0.2, 0.25) is 5.02 Å². The van der Waals surface area contributed by atoms with Crippen molar-refractivity contribution in [1.82, 2.24) is 9.97 Å². The molecule has 2 aromatic carbocycles. The van der Waals surface area contributed by atoms with Gasteiger partial charge < -0.3 is 11.1 Å². The summed E-state index contributed by atoms with van der Waals surface area (Å²) in [6.45, 7) is 0.576. The molecule has 3 N–H and O–H groups in total. The van der Waals surface area contributed by atoms with E-state index in [1.54, 1.807) is 24.5 Å². The average Bonchev–Trinajstić information content (AvgIpc) is 2.81. The largest absolute Gasteiger partial charge is 0.368 e. The third-order valence-electron chi connectivity index (χ3n) is 4.97. The van der Waals surface area contributed by atoms with Crippen molar-refractivity contribution in [2.75, 3.05) is 11.9 Å². The molecule has 4 rings (SSSR count). The lowest BCUT2D eigenvalue weighted by molar-refractivity contribution is 0.629. The van der Waals surface area contributed by atoms with Crippen molar-refractivity contribution in [2.45, 2.75) is 12.5 Å². The van der Waals surface area contributed by atoms with Crippen molar-refractivity contribution >= 4 is 17.4 Å². The highest BCUT2D eigenvalue weighted by atomic mass is 35.5. The van der Waals surface area contributed by atoms with Gasteiger partial charge in [0, 0.05) is 36.1 Å². The van der Waals surface area contributed by atoms with Gasteiger partial charge in [-0.2, -0.15) is 0 Å². The van der Waals surface area contributed by atoms with Gasteiger partial charge in [-0.25, -0.2) is 9.37 Å². The fourth-order valence-corrected chi connectivity index (χ4v) is 3.53. The summed E-state index contributed by atoms with van der Waals surface area (Å²) in [4.78, 5) is 8.88. The van der Waals surface area contributed by atoms with Crippen LogP contribution in [-0.4, -0.2) is 22.6 Å². The lowest BCUT2D eigenvalue weighted by Gasteiger charge is -2.16. The zero-order chi connectivity index (χ0) is 21.6. The van der Waals surface area contributed by atoms with Crippen molar-refractivity contribution in [3.05, 3.63) is 102 Å². The Morgan fingerprint density at radius 3 is 2.45 bits per heavy atom. The Hall–Kier alpha value is -3.28. The summed E-state index contributed by atoms with van der Waals surface area (Å²) in [5, 5.41) is 3.42. The van der Waals surface area contributed by atoms with Gasteiger partial charge in [0.1, 0.15) is 11.6 Å². The first-order valence-corrected chi connectivity index (χ1v) is 10.4. The Kier molecular flexibility index (Phi) is 6.55. The third kappa shape index (κ3) is 5.26. The molecule has 0 fully saturated rings. The van der Waals surface area contributed by atoms with Gasteiger partial charge in [-0.1, -0.05) is 48.0 Å². The van der Waals surface area contributed by atoms with Crippen LogP contribution < -0.4 is 11.1 Å². The molecule has 0 saturated carbocycles. The highest BCUT2D eigenvalue weighted by molar-refractivity contribution is 6.30. The minimum atomic E-state index is -0.464. The number of hydrogen-bond donors (Lipinski definition) is 2. The second kappa shape index (κ2) is 9.69. The minimum absolute atomic E-state index is 0.0568. The fraction of sp³-hybridized carbons (Fsp3) is 0.120. The van der Waals surface area contributed by atoms with Crippen LogP contribution in [0.3, 0.4) is 0 Å². The number of aromatic nitrogens is 2. The predicted octanol–water partition coefficient (Wildman–Crippen LogP) is 5.59. The molecule has 2 aromatic heterocycles. The highest BCUT2D eigenvalue weighted by Crippen LogP contribution is 2.33. The molecule has 31 heavy (non-hydrogen) atoms. The molecule has 2 heterocycles. The Morgan fingerprint density at radius 2 is 1.71 bits per heavy atom. The van der Waals surface area contributed by atoms with Gasteiger partial charge in [0.05, 0.1) is 10.7 Å². The summed E-state index contributed by atoms with van der Waals surface area (Å²) in [6, 6.07) is 22.4. The lowest BCUT2D eigenvalue weighted by Crippen LogP contribution is -2.31. The zero-order valence-electron chi connectivity index (χ0n) is 16.8. The van der Waals surface area contributed by atoms with Crippen molar-refractivity contribution in [1.29, 1.82) is 0 Å². The average molecular weight is 433 g/mol. The number of nitrogens with one attached hydrogen (secondary N) is 1. The molecule has 0 amide bonds. The van der Waals surface area contributed by atoms with Gasteiger partial charge in [-0.3, -0.25) is 4.98 Å². The van der Waals surface area contributed by atoms with Crippen LogP contribution in [0.5, 0.6) is 0 Å². The molecule has 4 nitrogen and oxygen atoms in total. The number of hydrogen-bond acceptors (Lipinski definition) is 4. The molecular formula is C25H22ClFN4. The topological polar surface area (TPSA) is 63.8 Å². The standard InChI is InChI=1S/C25H22ClFN4/c26-22-8-6-19(15-23(22)27)21-7-9-24(31-25(21)18-10-12-29-13-11-18)30-16-20(28)14-17-4-2-1-3-5-17/h1-13,15,20H,14,16,28H2,(H,30,31)/t20-/m1/s1. The highest BCUT2D eigenvalue weighted by Gasteiger charge is 2.13. The lowest BCUT2D eigenvalue weighted by atomic mass is 9.99. The van der Waals surface area contributed by atoms with E-state index in [9.17, 15) is 4.39 Å². The number of anilines is 1. The van der Waals surface area contributed by atoms with E-state index in [1.807, 2.05) is 42.5 Å². The first-order valence-electron chi connectivity index (χ1n) is 10.0. The summed E-state index contributed by atoms with van der Waals surface area (Å²) < 4.78 is 14.1. The van der Waals surface area contributed by atoms with Gasteiger partial charge in [-0.05, 0) is 53.9 Å². The maximum atomic E-state index is 14.1. The Balaban J connectivity index is 1.59. The summed E-state index contributed by atoms with van der Waals surface area (Å²) in [5.41, 5.74) is 10.6. The SMILES string of the molecule is N[C@@H](CNc1ccc(-c2ccc(Cl)c(F)c2)c(-c2ccncc2)n1)Cc1ccccc1.